The quantitative estimate of drug-likeness (QED) is 0.313. The summed E-state index contributed by atoms with van der Waals surface area (Å²) in [6, 6.07) is 7.42. The largest absolute Gasteiger partial charge is 0.507 e. The molecule has 0 aliphatic carbocycles. The van der Waals surface area contributed by atoms with Crippen molar-refractivity contribution in [2.24, 2.45) is 5.10 Å². The van der Waals surface area contributed by atoms with Crippen LogP contribution in [0.1, 0.15) is 11.1 Å². The van der Waals surface area contributed by atoms with Crippen molar-refractivity contribution >= 4 is 23.9 Å². The zero-order valence-electron chi connectivity index (χ0n) is 11.7. The smallest absolute Gasteiger partial charge is 0.240 e. The molecule has 1 aromatic heterocycles. The van der Waals surface area contributed by atoms with Crippen molar-refractivity contribution in [3.05, 3.63) is 42.0 Å². The van der Waals surface area contributed by atoms with E-state index in [1.807, 2.05) is 18.2 Å². The van der Waals surface area contributed by atoms with Crippen molar-refractivity contribution in [2.75, 3.05) is 11.2 Å². The number of rotatable bonds is 7. The second-order valence-electron chi connectivity index (χ2n) is 4.13. The molecule has 0 saturated heterocycles. The minimum absolute atomic E-state index is 0.177. The van der Waals surface area contributed by atoms with E-state index in [0.29, 0.717) is 23.1 Å². The van der Waals surface area contributed by atoms with Gasteiger partial charge in [-0.3, -0.25) is 0 Å². The maximum Gasteiger partial charge on any atom is 0.240 e. The van der Waals surface area contributed by atoms with Gasteiger partial charge in [-0.2, -0.15) is 15.3 Å². The SMILES string of the molecule is C=CCc1cccc(/C=N/Nc2nc(SCC#N)n[nH]2)c1O. The highest BCUT2D eigenvalue weighted by atomic mass is 32.2. The molecule has 1 heterocycles. The van der Waals surface area contributed by atoms with Crippen LogP contribution in [0.2, 0.25) is 0 Å². The lowest BCUT2D eigenvalue weighted by atomic mass is 10.1. The molecular formula is C14H14N6OS. The Labute approximate surface area is 131 Å². The summed E-state index contributed by atoms with van der Waals surface area (Å²) in [7, 11) is 0. The molecule has 2 rings (SSSR count). The first-order valence-electron chi connectivity index (χ1n) is 6.37. The zero-order valence-corrected chi connectivity index (χ0v) is 12.5. The van der Waals surface area contributed by atoms with Crippen LogP contribution in [-0.2, 0) is 6.42 Å². The third kappa shape index (κ3) is 4.10. The summed E-state index contributed by atoms with van der Waals surface area (Å²) in [6.45, 7) is 3.65. The third-order valence-corrected chi connectivity index (χ3v) is 3.33. The molecule has 0 aliphatic heterocycles. The minimum atomic E-state index is 0.177. The fourth-order valence-electron chi connectivity index (χ4n) is 1.66. The van der Waals surface area contributed by atoms with E-state index >= 15 is 0 Å². The van der Waals surface area contributed by atoms with Gasteiger partial charge in [0.25, 0.3) is 0 Å². The summed E-state index contributed by atoms with van der Waals surface area (Å²) < 4.78 is 0. The molecule has 0 fully saturated rings. The molecule has 112 valence electrons. The number of anilines is 1. The highest BCUT2D eigenvalue weighted by Gasteiger charge is 2.04. The molecule has 0 atom stereocenters. The second-order valence-corrected chi connectivity index (χ2v) is 5.07. The van der Waals surface area contributed by atoms with Gasteiger partial charge in [0.1, 0.15) is 5.75 Å². The molecular weight excluding hydrogens is 300 g/mol. The van der Waals surface area contributed by atoms with Crippen LogP contribution in [-0.4, -0.2) is 32.3 Å². The van der Waals surface area contributed by atoms with Gasteiger partial charge >= 0.3 is 0 Å². The number of para-hydroxylation sites is 1. The molecule has 3 N–H and O–H groups in total. The summed E-state index contributed by atoms with van der Waals surface area (Å²) in [5.41, 5.74) is 4.06. The number of H-pyrrole nitrogens is 1. The van der Waals surface area contributed by atoms with Crippen molar-refractivity contribution in [3.8, 4) is 11.8 Å². The number of aromatic amines is 1. The number of nitriles is 1. The lowest BCUT2D eigenvalue weighted by molar-refractivity contribution is 0.469. The number of hydrazone groups is 1. The molecule has 0 amide bonds. The number of hydrogen-bond donors (Lipinski definition) is 3. The normalized spacial score (nSPS) is 10.5. The number of allylic oxidation sites excluding steroid dienone is 1. The van der Waals surface area contributed by atoms with E-state index < -0.39 is 0 Å². The first-order chi connectivity index (χ1) is 10.7. The highest BCUT2D eigenvalue weighted by Crippen LogP contribution is 2.21. The van der Waals surface area contributed by atoms with Crippen LogP contribution in [0.25, 0.3) is 0 Å². The van der Waals surface area contributed by atoms with Gasteiger partial charge in [0.15, 0.2) is 0 Å². The van der Waals surface area contributed by atoms with Gasteiger partial charge in [-0.1, -0.05) is 30.0 Å². The van der Waals surface area contributed by atoms with E-state index in [0.717, 1.165) is 5.56 Å². The fraction of sp³-hybridized carbons (Fsp3) is 0.143. The summed E-state index contributed by atoms with van der Waals surface area (Å²) in [4.78, 5) is 4.09. The molecule has 0 bridgehead atoms. The van der Waals surface area contributed by atoms with Gasteiger partial charge in [-0.05, 0) is 18.1 Å². The first-order valence-corrected chi connectivity index (χ1v) is 7.36. The molecule has 8 heteroatoms. The average molecular weight is 314 g/mol. The van der Waals surface area contributed by atoms with Crippen LogP contribution in [0.3, 0.4) is 0 Å². The summed E-state index contributed by atoms with van der Waals surface area (Å²) in [5, 5.41) is 29.6. The van der Waals surface area contributed by atoms with E-state index in [-0.39, 0.29) is 11.5 Å². The van der Waals surface area contributed by atoms with E-state index in [4.69, 9.17) is 5.26 Å². The Hall–Kier alpha value is -2.79. The number of benzene rings is 1. The Morgan fingerprint density at radius 2 is 2.41 bits per heavy atom. The molecule has 0 unspecified atom stereocenters. The van der Waals surface area contributed by atoms with Gasteiger partial charge in [0.2, 0.25) is 11.1 Å². The molecule has 1 aromatic carbocycles. The number of thioether (sulfide) groups is 1. The summed E-state index contributed by atoms with van der Waals surface area (Å²) in [5.74, 6) is 0.819. The Morgan fingerprint density at radius 1 is 1.55 bits per heavy atom. The first kappa shape index (κ1) is 15.6. The Bertz CT molecular complexity index is 718. The maximum atomic E-state index is 10.1. The van der Waals surface area contributed by atoms with E-state index in [9.17, 15) is 5.11 Å². The van der Waals surface area contributed by atoms with Crippen molar-refractivity contribution in [1.82, 2.24) is 15.2 Å². The van der Waals surface area contributed by atoms with Crippen LogP contribution >= 0.6 is 11.8 Å². The number of phenolic OH excluding ortho intramolecular Hbond substituents is 1. The van der Waals surface area contributed by atoms with Crippen LogP contribution in [0.5, 0.6) is 5.75 Å². The Kier molecular flexibility index (Phi) is 5.57. The number of aromatic hydroxyl groups is 1. The number of hydrogen-bond acceptors (Lipinski definition) is 7. The number of nitrogens with zero attached hydrogens (tertiary/aromatic N) is 4. The van der Waals surface area contributed by atoms with Crippen molar-refractivity contribution in [2.45, 2.75) is 11.6 Å². The van der Waals surface area contributed by atoms with Crippen LogP contribution < -0.4 is 5.43 Å². The standard InChI is InChI=1S/C14H14N6OS/c1-2-4-10-5-3-6-11(12(10)21)9-16-18-13-17-14(20-19-13)22-8-7-15/h2-3,5-6,9,21H,1,4,8H2,(H2,17,18,19,20)/b16-9+. The number of aromatic nitrogens is 3. The molecule has 0 aliphatic rings. The third-order valence-electron chi connectivity index (χ3n) is 2.62. The molecule has 0 saturated carbocycles. The summed E-state index contributed by atoms with van der Waals surface area (Å²) in [6.07, 6.45) is 3.80. The van der Waals surface area contributed by atoms with Crippen molar-refractivity contribution < 1.29 is 5.11 Å². The monoisotopic (exact) mass is 314 g/mol. The highest BCUT2D eigenvalue weighted by molar-refractivity contribution is 7.99. The van der Waals surface area contributed by atoms with Crippen LogP contribution in [0.15, 0.2) is 41.1 Å². The summed E-state index contributed by atoms with van der Waals surface area (Å²) >= 11 is 1.23. The Balaban J connectivity index is 2.00. The number of nitrogens with one attached hydrogen (secondary N) is 2. The average Bonchev–Trinajstić information content (AvgIpc) is 2.97. The Morgan fingerprint density at radius 3 is 3.18 bits per heavy atom. The van der Waals surface area contributed by atoms with Gasteiger partial charge in [-0.25, -0.2) is 10.5 Å². The van der Waals surface area contributed by atoms with Gasteiger partial charge < -0.3 is 5.11 Å². The van der Waals surface area contributed by atoms with E-state index in [2.05, 4.69) is 32.3 Å². The fourth-order valence-corrected chi connectivity index (χ4v) is 2.12. The predicted molar refractivity (Wildman–Crippen MR) is 85.9 cm³/mol. The molecule has 0 spiro atoms. The lowest BCUT2D eigenvalue weighted by Crippen LogP contribution is -1.94. The molecule has 22 heavy (non-hydrogen) atoms. The molecule has 2 aromatic rings. The predicted octanol–water partition coefficient (Wildman–Crippen LogP) is 2.30. The van der Waals surface area contributed by atoms with Gasteiger partial charge in [-0.15, -0.1) is 11.7 Å². The van der Waals surface area contributed by atoms with E-state index in [1.165, 1.54) is 18.0 Å². The second kappa shape index (κ2) is 7.85. The molecule has 7 nitrogen and oxygen atoms in total. The van der Waals surface area contributed by atoms with Crippen molar-refractivity contribution in [3.63, 3.8) is 0 Å². The van der Waals surface area contributed by atoms with Gasteiger partial charge in [0.05, 0.1) is 18.0 Å². The lowest BCUT2D eigenvalue weighted by Gasteiger charge is -2.04. The number of phenols is 1. The van der Waals surface area contributed by atoms with Crippen molar-refractivity contribution in [1.29, 1.82) is 5.26 Å². The van der Waals surface area contributed by atoms with Crippen LogP contribution in [0.4, 0.5) is 5.95 Å². The molecule has 0 radical (unpaired) electrons. The maximum absolute atomic E-state index is 10.1. The van der Waals surface area contributed by atoms with Gasteiger partial charge in [0, 0.05) is 5.56 Å². The van der Waals surface area contributed by atoms with Crippen LogP contribution in [0, 0.1) is 11.3 Å². The van der Waals surface area contributed by atoms with E-state index in [1.54, 1.807) is 12.1 Å². The topological polar surface area (TPSA) is 110 Å². The minimum Gasteiger partial charge on any atom is -0.507 e. The zero-order chi connectivity index (χ0) is 15.8.